The number of nitrogen functional groups attached to an aromatic ring is 1. The maximum absolute atomic E-state index is 5.56. The fraction of sp³-hybridized carbons (Fsp3) is 0.308. The molecule has 2 aromatic rings. The third-order valence-corrected chi connectivity index (χ3v) is 3.73. The van der Waals surface area contributed by atoms with Gasteiger partial charge in [-0.3, -0.25) is 4.68 Å². The zero-order valence-corrected chi connectivity index (χ0v) is 11.0. The van der Waals surface area contributed by atoms with Crippen molar-refractivity contribution in [3.63, 3.8) is 0 Å². The summed E-state index contributed by atoms with van der Waals surface area (Å²) in [7, 11) is 0. The molecule has 0 aliphatic carbocycles. The van der Waals surface area contributed by atoms with Crippen LogP contribution < -0.4 is 5.73 Å². The Morgan fingerprint density at radius 3 is 2.76 bits per heavy atom. The minimum atomic E-state index is 0.585. The molecule has 0 amide bonds. The highest BCUT2D eigenvalue weighted by Crippen LogP contribution is 2.23. The Kier molecular flexibility index (Phi) is 3.74. The van der Waals surface area contributed by atoms with E-state index in [-0.39, 0.29) is 0 Å². The standard InChI is InChI=1S/C13H17N3S/c1-10-3-4-12(11(2)9-10)17-8-7-16-6-5-13(14)15-16/h3-6,9H,7-8H2,1-2H3,(H2,14,15). The van der Waals surface area contributed by atoms with Gasteiger partial charge in [-0.1, -0.05) is 17.7 Å². The van der Waals surface area contributed by atoms with Gasteiger partial charge in [-0.05, 0) is 31.5 Å². The second-order valence-electron chi connectivity index (χ2n) is 4.12. The summed E-state index contributed by atoms with van der Waals surface area (Å²) in [5.74, 6) is 1.59. The molecule has 0 atom stereocenters. The number of rotatable bonds is 4. The van der Waals surface area contributed by atoms with Crippen LogP contribution in [-0.2, 0) is 6.54 Å². The molecule has 0 spiro atoms. The summed E-state index contributed by atoms with van der Waals surface area (Å²) >= 11 is 1.86. The fourth-order valence-corrected chi connectivity index (χ4v) is 2.66. The molecule has 1 aromatic carbocycles. The lowest BCUT2D eigenvalue weighted by Gasteiger charge is -2.06. The molecule has 0 saturated heterocycles. The van der Waals surface area contributed by atoms with Gasteiger partial charge in [0.25, 0.3) is 0 Å². The minimum Gasteiger partial charge on any atom is -0.382 e. The summed E-state index contributed by atoms with van der Waals surface area (Å²) in [5, 5.41) is 4.16. The summed E-state index contributed by atoms with van der Waals surface area (Å²) in [4.78, 5) is 1.34. The summed E-state index contributed by atoms with van der Waals surface area (Å²) in [5.41, 5.74) is 8.22. The van der Waals surface area contributed by atoms with Crippen molar-refractivity contribution >= 4 is 17.6 Å². The largest absolute Gasteiger partial charge is 0.382 e. The quantitative estimate of drug-likeness (QED) is 0.845. The Balaban J connectivity index is 1.90. The van der Waals surface area contributed by atoms with E-state index in [0.29, 0.717) is 5.82 Å². The number of hydrogen-bond donors (Lipinski definition) is 1. The molecule has 17 heavy (non-hydrogen) atoms. The number of thioether (sulfide) groups is 1. The number of nitrogens with two attached hydrogens (primary N) is 1. The van der Waals surface area contributed by atoms with Crippen molar-refractivity contribution in [3.8, 4) is 0 Å². The highest BCUT2D eigenvalue weighted by Gasteiger charge is 2.00. The number of nitrogens with zero attached hydrogens (tertiary/aromatic N) is 2. The highest BCUT2D eigenvalue weighted by molar-refractivity contribution is 7.99. The van der Waals surface area contributed by atoms with E-state index in [2.05, 4.69) is 37.1 Å². The molecule has 0 aliphatic rings. The monoisotopic (exact) mass is 247 g/mol. The Morgan fingerprint density at radius 2 is 2.12 bits per heavy atom. The first-order chi connectivity index (χ1) is 8.15. The lowest BCUT2D eigenvalue weighted by Crippen LogP contribution is -2.01. The number of hydrogen-bond acceptors (Lipinski definition) is 3. The third kappa shape index (κ3) is 3.27. The van der Waals surface area contributed by atoms with E-state index in [1.54, 1.807) is 0 Å². The lowest BCUT2D eigenvalue weighted by molar-refractivity contribution is 0.669. The average Bonchev–Trinajstić information content (AvgIpc) is 2.68. The SMILES string of the molecule is Cc1ccc(SCCn2ccc(N)n2)c(C)c1. The fourth-order valence-electron chi connectivity index (χ4n) is 1.71. The third-order valence-electron chi connectivity index (χ3n) is 2.57. The Morgan fingerprint density at radius 1 is 1.29 bits per heavy atom. The molecule has 1 heterocycles. The Hall–Kier alpha value is -1.42. The van der Waals surface area contributed by atoms with Crippen LogP contribution in [0.1, 0.15) is 11.1 Å². The van der Waals surface area contributed by atoms with Crippen molar-refractivity contribution in [1.29, 1.82) is 0 Å². The summed E-state index contributed by atoms with van der Waals surface area (Å²) in [6.45, 7) is 5.16. The molecule has 4 heteroatoms. The molecule has 0 bridgehead atoms. The average molecular weight is 247 g/mol. The molecule has 0 radical (unpaired) electrons. The second kappa shape index (κ2) is 5.27. The van der Waals surface area contributed by atoms with Crippen LogP contribution in [0.25, 0.3) is 0 Å². The molecular weight excluding hydrogens is 230 g/mol. The van der Waals surface area contributed by atoms with Crippen molar-refractivity contribution in [2.75, 3.05) is 11.5 Å². The molecule has 0 unspecified atom stereocenters. The predicted octanol–water partition coefficient (Wildman–Crippen LogP) is 2.87. The predicted molar refractivity (Wildman–Crippen MR) is 73.3 cm³/mol. The van der Waals surface area contributed by atoms with Crippen LogP contribution in [0, 0.1) is 13.8 Å². The van der Waals surface area contributed by atoms with Crippen molar-refractivity contribution in [2.45, 2.75) is 25.3 Å². The van der Waals surface area contributed by atoms with Crippen LogP contribution in [0.15, 0.2) is 35.4 Å². The first-order valence-electron chi connectivity index (χ1n) is 5.64. The molecule has 0 saturated carbocycles. The second-order valence-corrected chi connectivity index (χ2v) is 5.26. The van der Waals surface area contributed by atoms with Gasteiger partial charge in [-0.2, -0.15) is 5.10 Å². The summed E-state index contributed by atoms with van der Waals surface area (Å²) in [6.07, 6.45) is 1.91. The maximum Gasteiger partial charge on any atom is 0.145 e. The summed E-state index contributed by atoms with van der Waals surface area (Å²) in [6, 6.07) is 8.38. The van der Waals surface area contributed by atoms with Crippen molar-refractivity contribution in [1.82, 2.24) is 9.78 Å². The van der Waals surface area contributed by atoms with Gasteiger partial charge in [0.15, 0.2) is 0 Å². The van der Waals surface area contributed by atoms with Crippen LogP contribution in [0.2, 0.25) is 0 Å². The lowest BCUT2D eigenvalue weighted by atomic mass is 10.2. The van der Waals surface area contributed by atoms with Gasteiger partial charge in [-0.15, -0.1) is 11.8 Å². The van der Waals surface area contributed by atoms with E-state index in [4.69, 9.17) is 5.73 Å². The molecular formula is C13H17N3S. The topological polar surface area (TPSA) is 43.8 Å². The van der Waals surface area contributed by atoms with Crippen LogP contribution >= 0.6 is 11.8 Å². The van der Waals surface area contributed by atoms with Crippen molar-refractivity contribution < 1.29 is 0 Å². The number of aromatic nitrogens is 2. The Bertz CT molecular complexity index is 505. The van der Waals surface area contributed by atoms with E-state index >= 15 is 0 Å². The van der Waals surface area contributed by atoms with E-state index in [0.717, 1.165) is 12.3 Å². The normalized spacial score (nSPS) is 10.7. The number of anilines is 1. The minimum absolute atomic E-state index is 0.585. The van der Waals surface area contributed by atoms with E-state index in [9.17, 15) is 0 Å². The zero-order valence-electron chi connectivity index (χ0n) is 10.2. The molecule has 1 aromatic heterocycles. The molecule has 0 fully saturated rings. The number of benzene rings is 1. The van der Waals surface area contributed by atoms with Gasteiger partial charge < -0.3 is 5.73 Å². The number of aryl methyl sites for hydroxylation is 3. The first kappa shape index (κ1) is 12.0. The van der Waals surface area contributed by atoms with Gasteiger partial charge in [0.05, 0.1) is 6.54 Å². The first-order valence-corrected chi connectivity index (χ1v) is 6.63. The van der Waals surface area contributed by atoms with Crippen LogP contribution in [-0.4, -0.2) is 15.5 Å². The van der Waals surface area contributed by atoms with Crippen molar-refractivity contribution in [2.24, 2.45) is 0 Å². The van der Waals surface area contributed by atoms with Gasteiger partial charge in [-0.25, -0.2) is 0 Å². The van der Waals surface area contributed by atoms with E-state index < -0.39 is 0 Å². The van der Waals surface area contributed by atoms with Crippen LogP contribution in [0.5, 0.6) is 0 Å². The van der Waals surface area contributed by atoms with Gasteiger partial charge in [0, 0.05) is 16.8 Å². The van der Waals surface area contributed by atoms with Crippen LogP contribution in [0.3, 0.4) is 0 Å². The smallest absolute Gasteiger partial charge is 0.145 e. The molecule has 2 rings (SSSR count). The van der Waals surface area contributed by atoms with Crippen LogP contribution in [0.4, 0.5) is 5.82 Å². The maximum atomic E-state index is 5.56. The molecule has 2 N–H and O–H groups in total. The van der Waals surface area contributed by atoms with Gasteiger partial charge in [0.2, 0.25) is 0 Å². The molecule has 90 valence electrons. The summed E-state index contributed by atoms with van der Waals surface area (Å²) < 4.78 is 1.88. The highest BCUT2D eigenvalue weighted by atomic mass is 32.2. The van der Waals surface area contributed by atoms with E-state index in [1.165, 1.54) is 16.0 Å². The zero-order chi connectivity index (χ0) is 12.3. The van der Waals surface area contributed by atoms with Crippen molar-refractivity contribution in [3.05, 3.63) is 41.6 Å². The Labute approximate surface area is 106 Å². The molecule has 3 nitrogen and oxygen atoms in total. The van der Waals surface area contributed by atoms with E-state index in [1.807, 2.05) is 28.7 Å². The molecule has 0 aliphatic heterocycles. The van der Waals surface area contributed by atoms with Gasteiger partial charge in [0.1, 0.15) is 5.82 Å². The van der Waals surface area contributed by atoms with Gasteiger partial charge >= 0.3 is 0 Å².